The van der Waals surface area contributed by atoms with Crippen molar-refractivity contribution in [3.05, 3.63) is 54.0 Å². The largest absolute Gasteiger partial charge is 0.465 e. The smallest absolute Gasteiger partial charge is 0.338 e. The molecule has 0 fully saturated rings. The Morgan fingerprint density at radius 3 is 2.52 bits per heavy atom. The van der Waals surface area contributed by atoms with Crippen LogP contribution >= 0.6 is 0 Å². The van der Waals surface area contributed by atoms with E-state index in [1.54, 1.807) is 0 Å². The van der Waals surface area contributed by atoms with Gasteiger partial charge in [0.2, 0.25) is 0 Å². The number of pyridine rings is 1. The molecule has 6 nitrogen and oxygen atoms in total. The van der Waals surface area contributed by atoms with Gasteiger partial charge in [-0.3, -0.25) is 4.72 Å². The van der Waals surface area contributed by atoms with Crippen molar-refractivity contribution >= 4 is 21.8 Å². The minimum absolute atomic E-state index is 0.0396. The summed E-state index contributed by atoms with van der Waals surface area (Å²) in [5.41, 5.74) is 0.157. The second-order valence-electron chi connectivity index (χ2n) is 3.98. The lowest BCUT2D eigenvalue weighted by Gasteiger charge is -2.08. The van der Waals surface area contributed by atoms with Crippen LogP contribution in [0.1, 0.15) is 10.4 Å². The molecule has 8 heteroatoms. The molecule has 21 heavy (non-hydrogen) atoms. The minimum atomic E-state index is -3.91. The monoisotopic (exact) mass is 310 g/mol. The van der Waals surface area contributed by atoms with Crippen LogP contribution in [0.2, 0.25) is 0 Å². The van der Waals surface area contributed by atoms with Crippen molar-refractivity contribution < 1.29 is 22.3 Å². The summed E-state index contributed by atoms with van der Waals surface area (Å²) in [5, 5.41) is 0. The Hall–Kier alpha value is -2.48. The Bertz CT molecular complexity index is 760. The predicted molar refractivity (Wildman–Crippen MR) is 72.8 cm³/mol. The normalized spacial score (nSPS) is 11.0. The summed E-state index contributed by atoms with van der Waals surface area (Å²) >= 11 is 0. The number of esters is 1. The van der Waals surface area contributed by atoms with Gasteiger partial charge < -0.3 is 4.74 Å². The molecule has 0 amide bonds. The van der Waals surface area contributed by atoms with E-state index in [0.717, 1.165) is 24.3 Å². The predicted octanol–water partition coefficient (Wildman–Crippen LogP) is 1.81. The third-order valence-corrected chi connectivity index (χ3v) is 3.91. The van der Waals surface area contributed by atoms with Gasteiger partial charge in [0.05, 0.1) is 17.6 Å². The highest BCUT2D eigenvalue weighted by Gasteiger charge is 2.16. The SMILES string of the molecule is COC(=O)c1ccnc(NS(=O)(=O)c2ccc(F)cc2)c1. The van der Waals surface area contributed by atoms with Gasteiger partial charge in [-0.1, -0.05) is 0 Å². The van der Waals surface area contributed by atoms with E-state index in [4.69, 9.17) is 0 Å². The third kappa shape index (κ3) is 3.54. The van der Waals surface area contributed by atoms with E-state index < -0.39 is 21.8 Å². The molecule has 0 aliphatic carbocycles. The number of hydrogen-bond acceptors (Lipinski definition) is 5. The van der Waals surface area contributed by atoms with Crippen molar-refractivity contribution in [2.75, 3.05) is 11.8 Å². The molecule has 0 aliphatic rings. The number of methoxy groups -OCH3 is 1. The molecule has 0 saturated heterocycles. The summed E-state index contributed by atoms with van der Waals surface area (Å²) in [5.74, 6) is -1.19. The number of nitrogens with zero attached hydrogens (tertiary/aromatic N) is 1. The van der Waals surface area contributed by atoms with Crippen LogP contribution in [0.25, 0.3) is 0 Å². The van der Waals surface area contributed by atoms with Gasteiger partial charge in [-0.15, -0.1) is 0 Å². The fourth-order valence-electron chi connectivity index (χ4n) is 1.54. The van der Waals surface area contributed by atoms with Crippen LogP contribution in [0.15, 0.2) is 47.5 Å². The van der Waals surface area contributed by atoms with E-state index in [1.165, 1.54) is 25.4 Å². The van der Waals surface area contributed by atoms with Gasteiger partial charge in [0.25, 0.3) is 10.0 Å². The van der Waals surface area contributed by atoms with Gasteiger partial charge in [-0.25, -0.2) is 22.6 Å². The zero-order valence-corrected chi connectivity index (χ0v) is 11.7. The van der Waals surface area contributed by atoms with Crippen LogP contribution in [-0.2, 0) is 14.8 Å². The second kappa shape index (κ2) is 5.88. The lowest BCUT2D eigenvalue weighted by atomic mass is 10.3. The van der Waals surface area contributed by atoms with Gasteiger partial charge >= 0.3 is 5.97 Å². The highest BCUT2D eigenvalue weighted by Crippen LogP contribution is 2.16. The van der Waals surface area contributed by atoms with Gasteiger partial charge in [0.1, 0.15) is 11.6 Å². The number of anilines is 1. The fraction of sp³-hybridized carbons (Fsp3) is 0.0769. The van der Waals surface area contributed by atoms with Gasteiger partial charge in [-0.2, -0.15) is 0 Å². The standard InChI is InChI=1S/C13H11FN2O4S/c1-20-13(17)9-6-7-15-12(8-9)16-21(18,19)11-4-2-10(14)3-5-11/h2-8H,1H3,(H,15,16). The van der Waals surface area contributed by atoms with Crippen molar-refractivity contribution in [3.8, 4) is 0 Å². The Balaban J connectivity index is 2.28. The topological polar surface area (TPSA) is 85.4 Å². The van der Waals surface area contributed by atoms with Crippen LogP contribution in [0.4, 0.5) is 10.2 Å². The molecule has 0 atom stereocenters. The zero-order valence-electron chi connectivity index (χ0n) is 10.9. The maximum Gasteiger partial charge on any atom is 0.338 e. The Labute approximate surface area is 120 Å². The van der Waals surface area contributed by atoms with Crippen LogP contribution in [-0.4, -0.2) is 26.5 Å². The third-order valence-electron chi connectivity index (χ3n) is 2.54. The molecule has 1 heterocycles. The van der Waals surface area contributed by atoms with Crippen LogP contribution in [0, 0.1) is 5.82 Å². The van der Waals surface area contributed by atoms with Crippen molar-refractivity contribution in [1.29, 1.82) is 0 Å². The lowest BCUT2D eigenvalue weighted by molar-refractivity contribution is 0.0600. The van der Waals surface area contributed by atoms with E-state index >= 15 is 0 Å². The van der Waals surface area contributed by atoms with E-state index in [-0.39, 0.29) is 16.3 Å². The zero-order chi connectivity index (χ0) is 15.5. The molecule has 110 valence electrons. The molecule has 1 N–H and O–H groups in total. The fourth-order valence-corrected chi connectivity index (χ4v) is 2.54. The molecular weight excluding hydrogens is 299 g/mol. The van der Waals surface area contributed by atoms with Crippen LogP contribution < -0.4 is 4.72 Å². The summed E-state index contributed by atoms with van der Waals surface area (Å²) in [6.45, 7) is 0. The summed E-state index contributed by atoms with van der Waals surface area (Å²) < 4.78 is 43.7. The Morgan fingerprint density at radius 2 is 1.90 bits per heavy atom. The number of aromatic nitrogens is 1. The number of sulfonamides is 1. The number of carbonyl (C=O) groups is 1. The van der Waals surface area contributed by atoms with Gasteiger partial charge in [0, 0.05) is 6.20 Å². The average Bonchev–Trinajstić information content (AvgIpc) is 2.46. The molecule has 0 unspecified atom stereocenters. The highest BCUT2D eigenvalue weighted by molar-refractivity contribution is 7.92. The summed E-state index contributed by atoms with van der Waals surface area (Å²) in [7, 11) is -2.70. The molecule has 2 aromatic rings. The van der Waals surface area contributed by atoms with E-state index in [1.807, 2.05) is 0 Å². The number of rotatable bonds is 4. The van der Waals surface area contributed by atoms with Crippen molar-refractivity contribution in [2.45, 2.75) is 4.90 Å². The Kier molecular flexibility index (Phi) is 4.18. The number of hydrogen-bond donors (Lipinski definition) is 1. The van der Waals surface area contributed by atoms with Crippen LogP contribution in [0.5, 0.6) is 0 Å². The van der Waals surface area contributed by atoms with E-state index in [9.17, 15) is 17.6 Å². The molecule has 0 radical (unpaired) electrons. The number of benzene rings is 1. The molecule has 1 aromatic carbocycles. The number of carbonyl (C=O) groups excluding carboxylic acids is 1. The number of nitrogens with one attached hydrogen (secondary N) is 1. The van der Waals surface area contributed by atoms with E-state index in [2.05, 4.69) is 14.4 Å². The first-order valence-corrected chi connectivity index (χ1v) is 7.23. The van der Waals surface area contributed by atoms with Crippen molar-refractivity contribution in [2.24, 2.45) is 0 Å². The molecule has 2 rings (SSSR count). The van der Waals surface area contributed by atoms with Crippen molar-refractivity contribution in [1.82, 2.24) is 4.98 Å². The summed E-state index contributed by atoms with van der Waals surface area (Å²) in [4.78, 5) is 15.1. The molecule has 0 saturated carbocycles. The summed E-state index contributed by atoms with van der Waals surface area (Å²) in [6, 6.07) is 6.96. The maximum atomic E-state index is 12.8. The van der Waals surface area contributed by atoms with Crippen LogP contribution in [0.3, 0.4) is 0 Å². The average molecular weight is 310 g/mol. The van der Waals surface area contributed by atoms with Gasteiger partial charge in [-0.05, 0) is 36.4 Å². The first kappa shape index (κ1) is 14.9. The highest BCUT2D eigenvalue weighted by atomic mass is 32.2. The minimum Gasteiger partial charge on any atom is -0.465 e. The molecule has 1 aromatic heterocycles. The number of ether oxygens (including phenoxy) is 1. The lowest BCUT2D eigenvalue weighted by Crippen LogP contribution is -2.14. The van der Waals surface area contributed by atoms with E-state index in [0.29, 0.717) is 0 Å². The molecular formula is C13H11FN2O4S. The summed E-state index contributed by atoms with van der Waals surface area (Å²) in [6.07, 6.45) is 1.27. The molecule has 0 bridgehead atoms. The van der Waals surface area contributed by atoms with Crippen molar-refractivity contribution in [3.63, 3.8) is 0 Å². The first-order chi connectivity index (χ1) is 9.92. The maximum absolute atomic E-state index is 12.8. The molecule has 0 aliphatic heterocycles. The number of halogens is 1. The van der Waals surface area contributed by atoms with Gasteiger partial charge in [0.15, 0.2) is 0 Å². The second-order valence-corrected chi connectivity index (χ2v) is 5.66. The Morgan fingerprint density at radius 1 is 1.24 bits per heavy atom. The quantitative estimate of drug-likeness (QED) is 0.870. The molecule has 0 spiro atoms. The first-order valence-electron chi connectivity index (χ1n) is 5.75.